The van der Waals surface area contributed by atoms with Crippen LogP contribution >= 0.6 is 11.6 Å². The number of nitriles is 1. The molecule has 1 N–H and O–H groups in total. The summed E-state index contributed by atoms with van der Waals surface area (Å²) in [6.07, 6.45) is 5.92. The van der Waals surface area contributed by atoms with Gasteiger partial charge in [0.15, 0.2) is 0 Å². The molecule has 1 aromatic heterocycles. The zero-order chi connectivity index (χ0) is 11.9. The van der Waals surface area contributed by atoms with Gasteiger partial charge in [-0.15, -0.1) is 0 Å². The molecule has 2 aliphatic heterocycles. The molecule has 0 aliphatic carbocycles. The van der Waals surface area contributed by atoms with Crippen LogP contribution in [-0.4, -0.2) is 17.1 Å². The normalized spacial score (nSPS) is 35.5. The van der Waals surface area contributed by atoms with Crippen molar-refractivity contribution < 1.29 is 0 Å². The Kier molecular flexibility index (Phi) is 2.57. The van der Waals surface area contributed by atoms with Crippen LogP contribution in [0.2, 0.25) is 5.15 Å². The molecule has 0 amide bonds. The molecule has 3 nitrogen and oxygen atoms in total. The fourth-order valence-corrected chi connectivity index (χ4v) is 3.31. The molecular formula is C13H14ClN3. The molecular weight excluding hydrogens is 234 g/mol. The highest BCUT2D eigenvalue weighted by Gasteiger charge is 2.45. The second kappa shape index (κ2) is 3.97. The van der Waals surface area contributed by atoms with Crippen molar-refractivity contribution in [3.63, 3.8) is 0 Å². The fraction of sp³-hybridized carbons (Fsp3) is 0.538. The fourth-order valence-electron chi connectivity index (χ4n) is 3.20. The van der Waals surface area contributed by atoms with Crippen molar-refractivity contribution in [2.45, 2.75) is 43.2 Å². The molecule has 17 heavy (non-hydrogen) atoms. The second-order valence-corrected chi connectivity index (χ2v) is 5.50. The quantitative estimate of drug-likeness (QED) is 0.776. The van der Waals surface area contributed by atoms with E-state index >= 15 is 0 Å². The first-order valence-electron chi connectivity index (χ1n) is 6.01. The first-order chi connectivity index (χ1) is 8.22. The Morgan fingerprint density at radius 2 is 2.06 bits per heavy atom. The Labute approximate surface area is 106 Å². The molecule has 2 aliphatic rings. The highest BCUT2D eigenvalue weighted by molar-refractivity contribution is 6.29. The van der Waals surface area contributed by atoms with Gasteiger partial charge in [-0.1, -0.05) is 17.7 Å². The lowest BCUT2D eigenvalue weighted by Crippen LogP contribution is -2.46. The third-order valence-corrected chi connectivity index (χ3v) is 4.24. The minimum atomic E-state index is -0.366. The predicted octanol–water partition coefficient (Wildman–Crippen LogP) is 2.41. The Morgan fingerprint density at radius 3 is 2.59 bits per heavy atom. The number of nitrogens with zero attached hydrogens (tertiary/aromatic N) is 2. The first kappa shape index (κ1) is 11.0. The molecule has 0 spiro atoms. The Hall–Kier alpha value is -1.11. The van der Waals surface area contributed by atoms with Crippen LogP contribution in [0.25, 0.3) is 0 Å². The molecule has 2 unspecified atom stereocenters. The number of hydrogen-bond donors (Lipinski definition) is 1. The molecule has 1 aromatic rings. The maximum absolute atomic E-state index is 9.59. The Morgan fingerprint density at radius 1 is 1.35 bits per heavy atom. The van der Waals surface area contributed by atoms with Gasteiger partial charge in [0.05, 0.1) is 11.5 Å². The molecule has 0 saturated carbocycles. The van der Waals surface area contributed by atoms with Gasteiger partial charge < -0.3 is 5.32 Å². The van der Waals surface area contributed by atoms with E-state index in [1.54, 1.807) is 12.3 Å². The molecule has 88 valence electrons. The molecule has 2 bridgehead atoms. The standard InChI is InChI=1S/C13H14ClN3/c14-12-4-1-9(7-16-12)13(8-15)5-10-2-3-11(6-13)17-10/h1,4,7,10-11,17H,2-3,5-6H2. The average Bonchev–Trinajstić information content (AvgIpc) is 2.69. The molecule has 3 rings (SSSR count). The lowest BCUT2D eigenvalue weighted by Gasteiger charge is -2.36. The van der Waals surface area contributed by atoms with Gasteiger partial charge in [-0.3, -0.25) is 0 Å². The molecule has 0 aromatic carbocycles. The van der Waals surface area contributed by atoms with Crippen molar-refractivity contribution in [1.82, 2.24) is 10.3 Å². The Balaban J connectivity index is 1.97. The lowest BCUT2D eigenvalue weighted by molar-refractivity contribution is 0.304. The number of rotatable bonds is 1. The van der Waals surface area contributed by atoms with E-state index in [4.69, 9.17) is 11.6 Å². The third-order valence-electron chi connectivity index (χ3n) is 4.02. The van der Waals surface area contributed by atoms with E-state index in [-0.39, 0.29) is 5.41 Å². The van der Waals surface area contributed by atoms with Crippen LogP contribution in [0.3, 0.4) is 0 Å². The van der Waals surface area contributed by atoms with Gasteiger partial charge in [0.2, 0.25) is 0 Å². The van der Waals surface area contributed by atoms with Crippen LogP contribution < -0.4 is 5.32 Å². The third kappa shape index (κ3) is 1.82. The number of piperidine rings is 1. The van der Waals surface area contributed by atoms with Gasteiger partial charge >= 0.3 is 0 Å². The summed E-state index contributed by atoms with van der Waals surface area (Å²) in [4.78, 5) is 4.11. The summed E-state index contributed by atoms with van der Waals surface area (Å²) in [5.41, 5.74) is 0.650. The summed E-state index contributed by atoms with van der Waals surface area (Å²) < 4.78 is 0. The van der Waals surface area contributed by atoms with Crippen LogP contribution in [0.5, 0.6) is 0 Å². The summed E-state index contributed by atoms with van der Waals surface area (Å²) in [7, 11) is 0. The van der Waals surface area contributed by atoms with Crippen LogP contribution in [0.1, 0.15) is 31.2 Å². The van der Waals surface area contributed by atoms with Crippen molar-refractivity contribution in [2.75, 3.05) is 0 Å². The molecule has 2 saturated heterocycles. The van der Waals surface area contributed by atoms with Gasteiger partial charge in [0, 0.05) is 18.3 Å². The van der Waals surface area contributed by atoms with E-state index in [1.165, 1.54) is 12.8 Å². The largest absolute Gasteiger partial charge is 0.311 e. The van der Waals surface area contributed by atoms with Crippen molar-refractivity contribution >= 4 is 11.6 Å². The van der Waals surface area contributed by atoms with Crippen LogP contribution in [0, 0.1) is 11.3 Å². The van der Waals surface area contributed by atoms with E-state index in [2.05, 4.69) is 16.4 Å². The van der Waals surface area contributed by atoms with Crippen molar-refractivity contribution in [2.24, 2.45) is 0 Å². The summed E-state index contributed by atoms with van der Waals surface area (Å²) in [5.74, 6) is 0. The van der Waals surface area contributed by atoms with Crippen molar-refractivity contribution in [3.8, 4) is 6.07 Å². The highest BCUT2D eigenvalue weighted by Crippen LogP contribution is 2.42. The average molecular weight is 248 g/mol. The number of pyridine rings is 1. The predicted molar refractivity (Wildman–Crippen MR) is 65.7 cm³/mol. The highest BCUT2D eigenvalue weighted by atomic mass is 35.5. The second-order valence-electron chi connectivity index (χ2n) is 5.11. The van der Waals surface area contributed by atoms with E-state index < -0.39 is 0 Å². The minimum Gasteiger partial charge on any atom is -0.311 e. The summed E-state index contributed by atoms with van der Waals surface area (Å²) >= 11 is 5.80. The maximum atomic E-state index is 9.59. The Bertz CT molecular complexity index is 451. The summed E-state index contributed by atoms with van der Waals surface area (Å²) in [6, 6.07) is 7.24. The molecule has 0 radical (unpaired) electrons. The topological polar surface area (TPSA) is 48.7 Å². The molecule has 2 fully saturated rings. The van der Waals surface area contributed by atoms with E-state index in [1.807, 2.05) is 6.07 Å². The van der Waals surface area contributed by atoms with Crippen LogP contribution in [-0.2, 0) is 5.41 Å². The molecule has 4 heteroatoms. The number of nitrogens with one attached hydrogen (secondary N) is 1. The van der Waals surface area contributed by atoms with E-state index in [0.29, 0.717) is 17.2 Å². The van der Waals surface area contributed by atoms with Gasteiger partial charge in [0.1, 0.15) is 5.15 Å². The van der Waals surface area contributed by atoms with Gasteiger partial charge in [-0.05, 0) is 37.3 Å². The number of fused-ring (bicyclic) bond motifs is 2. The minimum absolute atomic E-state index is 0.366. The monoisotopic (exact) mass is 247 g/mol. The van der Waals surface area contributed by atoms with E-state index in [9.17, 15) is 5.26 Å². The maximum Gasteiger partial charge on any atom is 0.129 e. The molecule has 3 heterocycles. The number of hydrogen-bond acceptors (Lipinski definition) is 3. The smallest absolute Gasteiger partial charge is 0.129 e. The zero-order valence-electron chi connectivity index (χ0n) is 9.49. The van der Waals surface area contributed by atoms with Gasteiger partial charge in [0.25, 0.3) is 0 Å². The SMILES string of the molecule is N#CC1(c2ccc(Cl)nc2)CC2CCC(C1)N2. The van der Waals surface area contributed by atoms with Crippen molar-refractivity contribution in [3.05, 3.63) is 29.0 Å². The van der Waals surface area contributed by atoms with E-state index in [0.717, 1.165) is 18.4 Å². The van der Waals surface area contributed by atoms with Gasteiger partial charge in [-0.25, -0.2) is 4.98 Å². The first-order valence-corrected chi connectivity index (χ1v) is 6.39. The van der Waals surface area contributed by atoms with Crippen LogP contribution in [0.4, 0.5) is 0 Å². The number of aromatic nitrogens is 1. The van der Waals surface area contributed by atoms with Crippen LogP contribution in [0.15, 0.2) is 18.3 Å². The molecule has 2 atom stereocenters. The summed E-state index contributed by atoms with van der Waals surface area (Å²) in [5, 5.41) is 13.6. The van der Waals surface area contributed by atoms with Crippen molar-refractivity contribution in [1.29, 1.82) is 5.26 Å². The zero-order valence-corrected chi connectivity index (χ0v) is 10.2. The van der Waals surface area contributed by atoms with Gasteiger partial charge in [-0.2, -0.15) is 5.26 Å². The summed E-state index contributed by atoms with van der Waals surface area (Å²) in [6.45, 7) is 0. The number of halogens is 1. The lowest BCUT2D eigenvalue weighted by atomic mass is 9.72.